The highest BCUT2D eigenvalue weighted by Gasteiger charge is 2.12. The van der Waals surface area contributed by atoms with Gasteiger partial charge < -0.3 is 9.47 Å². The predicted molar refractivity (Wildman–Crippen MR) is 84.2 cm³/mol. The Balaban J connectivity index is 2.21. The van der Waals surface area contributed by atoms with Crippen LogP contribution >= 0.6 is 11.6 Å². The molecule has 0 atom stereocenters. The van der Waals surface area contributed by atoms with Crippen molar-refractivity contribution < 1.29 is 9.47 Å². The summed E-state index contributed by atoms with van der Waals surface area (Å²) in [5.74, 6) is 1.79. The first-order chi connectivity index (χ1) is 10.2. The molecule has 2 rings (SSSR count). The van der Waals surface area contributed by atoms with Crippen molar-refractivity contribution in [3.63, 3.8) is 0 Å². The van der Waals surface area contributed by atoms with E-state index < -0.39 is 0 Å². The highest BCUT2D eigenvalue weighted by Crippen LogP contribution is 2.32. The Hall–Kier alpha value is -1.68. The van der Waals surface area contributed by atoms with Gasteiger partial charge in [-0.05, 0) is 25.5 Å². The van der Waals surface area contributed by atoms with E-state index in [1.807, 2.05) is 22.9 Å². The second kappa shape index (κ2) is 7.36. The molecule has 1 aromatic carbocycles. The van der Waals surface area contributed by atoms with Crippen molar-refractivity contribution in [2.45, 2.75) is 39.3 Å². The molecule has 0 spiro atoms. The third-order valence-corrected chi connectivity index (χ3v) is 3.65. The predicted octanol–water partition coefficient (Wildman–Crippen LogP) is 3.79. The average molecular weight is 309 g/mol. The van der Waals surface area contributed by atoms with Gasteiger partial charge in [0.2, 0.25) is 0 Å². The van der Waals surface area contributed by atoms with Crippen LogP contribution in [0.2, 0.25) is 0 Å². The van der Waals surface area contributed by atoms with Crippen LogP contribution in [0.5, 0.6) is 11.5 Å². The minimum absolute atomic E-state index is 0.389. The van der Waals surface area contributed by atoms with Crippen molar-refractivity contribution >= 4 is 11.6 Å². The minimum atomic E-state index is 0.389. The number of rotatable bonds is 7. The molecule has 21 heavy (non-hydrogen) atoms. The fourth-order valence-corrected chi connectivity index (χ4v) is 2.43. The molecule has 5 heteroatoms. The molecule has 0 saturated heterocycles. The fraction of sp³-hybridized carbons (Fsp3) is 0.438. The number of nitrogens with zero attached hydrogens (tertiary/aromatic N) is 2. The molecule has 4 nitrogen and oxygen atoms in total. The first-order valence-electron chi connectivity index (χ1n) is 7.13. The van der Waals surface area contributed by atoms with Crippen molar-refractivity contribution in [1.29, 1.82) is 0 Å². The van der Waals surface area contributed by atoms with Crippen molar-refractivity contribution in [1.82, 2.24) is 9.78 Å². The highest BCUT2D eigenvalue weighted by molar-refractivity contribution is 6.17. The monoisotopic (exact) mass is 308 g/mol. The van der Waals surface area contributed by atoms with E-state index in [-0.39, 0.29) is 0 Å². The van der Waals surface area contributed by atoms with E-state index in [2.05, 4.69) is 25.0 Å². The molecule has 0 aliphatic carbocycles. The lowest BCUT2D eigenvalue weighted by molar-refractivity contribution is 0.272. The van der Waals surface area contributed by atoms with Gasteiger partial charge in [-0.15, -0.1) is 11.6 Å². The molecule has 0 N–H and O–H groups in total. The van der Waals surface area contributed by atoms with Crippen LogP contribution in [0.25, 0.3) is 0 Å². The van der Waals surface area contributed by atoms with Gasteiger partial charge in [-0.2, -0.15) is 5.10 Å². The highest BCUT2D eigenvalue weighted by atomic mass is 35.5. The maximum Gasteiger partial charge on any atom is 0.166 e. The van der Waals surface area contributed by atoms with E-state index in [0.717, 1.165) is 29.9 Å². The molecule has 0 unspecified atom stereocenters. The van der Waals surface area contributed by atoms with Crippen molar-refractivity contribution in [3.05, 3.63) is 41.2 Å². The Labute approximate surface area is 130 Å². The fourth-order valence-electron chi connectivity index (χ4n) is 2.21. The SMILES string of the molecule is CCc1cc(COc2c(CCl)cccc2OC)n(CC)n1. The van der Waals surface area contributed by atoms with Crippen LogP contribution < -0.4 is 9.47 Å². The molecule has 0 fully saturated rings. The van der Waals surface area contributed by atoms with Gasteiger partial charge in [0.05, 0.1) is 24.4 Å². The largest absolute Gasteiger partial charge is 0.493 e. The Morgan fingerprint density at radius 1 is 1.29 bits per heavy atom. The van der Waals surface area contributed by atoms with Crippen LogP contribution in [0.4, 0.5) is 0 Å². The van der Waals surface area contributed by atoms with E-state index in [1.54, 1.807) is 7.11 Å². The number of alkyl halides is 1. The summed E-state index contributed by atoms with van der Waals surface area (Å²) in [5.41, 5.74) is 3.06. The van der Waals surface area contributed by atoms with Crippen LogP contribution in [0, 0.1) is 0 Å². The molecular formula is C16H21ClN2O2. The van der Waals surface area contributed by atoms with Crippen LogP contribution in [0.15, 0.2) is 24.3 Å². The van der Waals surface area contributed by atoms with Gasteiger partial charge in [0, 0.05) is 12.1 Å². The lowest BCUT2D eigenvalue weighted by atomic mass is 10.2. The molecule has 0 aliphatic rings. The lowest BCUT2D eigenvalue weighted by Gasteiger charge is -2.14. The quantitative estimate of drug-likeness (QED) is 0.730. The van der Waals surface area contributed by atoms with Crippen molar-refractivity contribution in [2.24, 2.45) is 0 Å². The molecule has 0 aliphatic heterocycles. The molecule has 0 radical (unpaired) electrons. The van der Waals surface area contributed by atoms with Crippen LogP contribution in [0.1, 0.15) is 30.8 Å². The first-order valence-corrected chi connectivity index (χ1v) is 7.67. The summed E-state index contributed by atoms with van der Waals surface area (Å²) < 4.78 is 13.3. The van der Waals surface area contributed by atoms with Crippen LogP contribution in [0.3, 0.4) is 0 Å². The maximum absolute atomic E-state index is 5.97. The smallest absolute Gasteiger partial charge is 0.166 e. The summed E-state index contributed by atoms with van der Waals surface area (Å²) in [6.45, 7) is 5.44. The number of methoxy groups -OCH3 is 1. The van der Waals surface area contributed by atoms with Crippen LogP contribution in [-0.2, 0) is 25.5 Å². The molecule has 0 amide bonds. The third-order valence-electron chi connectivity index (χ3n) is 3.36. The van der Waals surface area contributed by atoms with Gasteiger partial charge in [-0.3, -0.25) is 4.68 Å². The lowest BCUT2D eigenvalue weighted by Crippen LogP contribution is -2.07. The zero-order chi connectivity index (χ0) is 15.2. The van der Waals surface area contributed by atoms with Gasteiger partial charge >= 0.3 is 0 Å². The molecular weight excluding hydrogens is 288 g/mol. The summed E-state index contributed by atoms with van der Waals surface area (Å²) in [4.78, 5) is 0. The summed E-state index contributed by atoms with van der Waals surface area (Å²) in [7, 11) is 1.63. The van der Waals surface area contributed by atoms with Gasteiger partial charge in [0.25, 0.3) is 0 Å². The molecule has 1 heterocycles. The number of ether oxygens (including phenoxy) is 2. The molecule has 1 aromatic heterocycles. The summed E-state index contributed by atoms with van der Waals surface area (Å²) in [6, 6.07) is 7.81. The number of aromatic nitrogens is 2. The molecule has 114 valence electrons. The molecule has 2 aromatic rings. The Morgan fingerprint density at radius 3 is 2.71 bits per heavy atom. The zero-order valence-corrected chi connectivity index (χ0v) is 13.5. The number of para-hydroxylation sites is 1. The number of hydrogen-bond acceptors (Lipinski definition) is 3. The Kier molecular flexibility index (Phi) is 5.51. The first kappa shape index (κ1) is 15.7. The zero-order valence-electron chi connectivity index (χ0n) is 12.7. The summed E-state index contributed by atoms with van der Waals surface area (Å²) in [5, 5.41) is 4.52. The van der Waals surface area contributed by atoms with Gasteiger partial charge in [0.15, 0.2) is 11.5 Å². The van der Waals surface area contributed by atoms with E-state index in [9.17, 15) is 0 Å². The topological polar surface area (TPSA) is 36.3 Å². The molecule has 0 bridgehead atoms. The van der Waals surface area contributed by atoms with E-state index in [4.69, 9.17) is 21.1 Å². The van der Waals surface area contributed by atoms with Gasteiger partial charge in [-0.25, -0.2) is 0 Å². The van der Waals surface area contributed by atoms with Crippen molar-refractivity contribution in [2.75, 3.05) is 7.11 Å². The van der Waals surface area contributed by atoms with E-state index in [0.29, 0.717) is 24.0 Å². The normalized spacial score (nSPS) is 10.7. The van der Waals surface area contributed by atoms with Crippen LogP contribution in [-0.4, -0.2) is 16.9 Å². The number of aryl methyl sites for hydroxylation is 2. The summed E-state index contributed by atoms with van der Waals surface area (Å²) in [6.07, 6.45) is 0.918. The number of benzene rings is 1. The average Bonchev–Trinajstić information content (AvgIpc) is 2.94. The minimum Gasteiger partial charge on any atom is -0.493 e. The standard InChI is InChI=1S/C16H21ClN2O2/c1-4-13-9-14(19(5-2)18-13)11-21-16-12(10-17)7-6-8-15(16)20-3/h6-9H,4-5,10-11H2,1-3H3. The van der Waals surface area contributed by atoms with E-state index >= 15 is 0 Å². The Bertz CT molecular complexity index is 574. The van der Waals surface area contributed by atoms with Gasteiger partial charge in [0.1, 0.15) is 6.61 Å². The maximum atomic E-state index is 5.97. The second-order valence-corrected chi connectivity index (χ2v) is 4.93. The third kappa shape index (κ3) is 3.50. The molecule has 0 saturated carbocycles. The number of halogens is 1. The number of hydrogen-bond donors (Lipinski definition) is 0. The van der Waals surface area contributed by atoms with Gasteiger partial charge in [-0.1, -0.05) is 19.1 Å². The second-order valence-electron chi connectivity index (χ2n) is 4.67. The summed E-state index contributed by atoms with van der Waals surface area (Å²) >= 11 is 5.97. The Morgan fingerprint density at radius 2 is 2.10 bits per heavy atom. The van der Waals surface area contributed by atoms with Crippen molar-refractivity contribution in [3.8, 4) is 11.5 Å². The van der Waals surface area contributed by atoms with E-state index in [1.165, 1.54) is 0 Å².